The van der Waals surface area contributed by atoms with Crippen molar-refractivity contribution in [2.24, 2.45) is 0 Å². The Kier molecular flexibility index (Phi) is 4.29. The highest BCUT2D eigenvalue weighted by atomic mass is 35.5. The number of nitrogens with one attached hydrogen (secondary N) is 1. The molecule has 1 N–H and O–H groups in total. The summed E-state index contributed by atoms with van der Waals surface area (Å²) in [6.45, 7) is 3.53. The molecule has 1 unspecified atom stereocenters. The third-order valence-electron chi connectivity index (χ3n) is 4.37. The number of rotatable bonds is 2. The summed E-state index contributed by atoms with van der Waals surface area (Å²) in [7, 11) is 0. The molecule has 2 nitrogen and oxygen atoms in total. The SMILES string of the molecule is Clc1ccc(N2CCCCC2)c(C2CCCCN2)c1. The fraction of sp³-hybridized carbons (Fsp3) is 0.625. The van der Waals surface area contributed by atoms with Crippen LogP contribution in [0.2, 0.25) is 5.02 Å². The molecule has 0 aliphatic carbocycles. The minimum absolute atomic E-state index is 0.490. The molecule has 2 aliphatic heterocycles. The van der Waals surface area contributed by atoms with E-state index in [1.54, 1.807) is 0 Å². The van der Waals surface area contributed by atoms with E-state index in [0.29, 0.717) is 6.04 Å². The standard InChI is InChI=1S/C16H23ClN2/c17-13-7-8-16(19-10-4-1-5-11-19)14(12-13)15-6-2-3-9-18-15/h7-8,12,15,18H,1-6,9-11H2. The molecule has 2 aliphatic rings. The number of benzene rings is 1. The average molecular weight is 279 g/mol. The molecule has 3 rings (SSSR count). The molecular formula is C16H23ClN2. The first-order valence-electron chi connectivity index (χ1n) is 7.62. The second-order valence-electron chi connectivity index (χ2n) is 5.75. The van der Waals surface area contributed by atoms with Crippen LogP contribution >= 0.6 is 11.6 Å². The lowest BCUT2D eigenvalue weighted by Crippen LogP contribution is -2.33. The maximum absolute atomic E-state index is 6.23. The van der Waals surface area contributed by atoms with Crippen molar-refractivity contribution >= 4 is 17.3 Å². The van der Waals surface area contributed by atoms with Gasteiger partial charge in [0.25, 0.3) is 0 Å². The van der Waals surface area contributed by atoms with E-state index in [2.05, 4.69) is 22.3 Å². The van der Waals surface area contributed by atoms with Gasteiger partial charge in [0, 0.05) is 29.8 Å². The van der Waals surface area contributed by atoms with Gasteiger partial charge in [0.2, 0.25) is 0 Å². The van der Waals surface area contributed by atoms with Gasteiger partial charge in [0.1, 0.15) is 0 Å². The Labute approximate surface area is 121 Å². The molecule has 104 valence electrons. The Morgan fingerprint density at radius 3 is 2.63 bits per heavy atom. The Balaban J connectivity index is 1.88. The lowest BCUT2D eigenvalue weighted by atomic mass is 9.95. The second kappa shape index (κ2) is 6.15. The van der Waals surface area contributed by atoms with Crippen LogP contribution in [-0.2, 0) is 0 Å². The van der Waals surface area contributed by atoms with Crippen LogP contribution in [0.5, 0.6) is 0 Å². The monoisotopic (exact) mass is 278 g/mol. The van der Waals surface area contributed by atoms with Crippen LogP contribution in [0, 0.1) is 0 Å². The Morgan fingerprint density at radius 1 is 1.05 bits per heavy atom. The normalized spacial score (nSPS) is 24.5. The van der Waals surface area contributed by atoms with E-state index in [0.717, 1.165) is 11.6 Å². The molecular weight excluding hydrogens is 256 g/mol. The van der Waals surface area contributed by atoms with Crippen LogP contribution in [0.3, 0.4) is 0 Å². The topological polar surface area (TPSA) is 15.3 Å². The van der Waals surface area contributed by atoms with Crippen LogP contribution in [0.4, 0.5) is 5.69 Å². The summed E-state index contributed by atoms with van der Waals surface area (Å²) >= 11 is 6.23. The summed E-state index contributed by atoms with van der Waals surface area (Å²) < 4.78 is 0. The molecule has 3 heteroatoms. The zero-order valence-electron chi connectivity index (χ0n) is 11.5. The Hall–Kier alpha value is -0.730. The molecule has 1 atom stereocenters. The third-order valence-corrected chi connectivity index (χ3v) is 4.61. The van der Waals surface area contributed by atoms with E-state index in [-0.39, 0.29) is 0 Å². The van der Waals surface area contributed by atoms with Gasteiger partial charge < -0.3 is 10.2 Å². The van der Waals surface area contributed by atoms with E-state index in [9.17, 15) is 0 Å². The van der Waals surface area contributed by atoms with E-state index < -0.39 is 0 Å². The fourth-order valence-electron chi connectivity index (χ4n) is 3.34. The molecule has 2 fully saturated rings. The van der Waals surface area contributed by atoms with Gasteiger partial charge in [-0.05, 0) is 62.4 Å². The van der Waals surface area contributed by atoms with Crippen LogP contribution in [0.25, 0.3) is 0 Å². The summed E-state index contributed by atoms with van der Waals surface area (Å²) in [6, 6.07) is 6.93. The lowest BCUT2D eigenvalue weighted by Gasteiger charge is -2.34. The largest absolute Gasteiger partial charge is 0.371 e. The molecule has 1 aromatic carbocycles. The van der Waals surface area contributed by atoms with Crippen molar-refractivity contribution in [3.05, 3.63) is 28.8 Å². The zero-order valence-corrected chi connectivity index (χ0v) is 12.3. The first-order chi connectivity index (χ1) is 9.34. The highest BCUT2D eigenvalue weighted by Gasteiger charge is 2.21. The van der Waals surface area contributed by atoms with Gasteiger partial charge in [0.05, 0.1) is 0 Å². The maximum Gasteiger partial charge on any atom is 0.0415 e. The molecule has 1 aromatic rings. The number of piperidine rings is 2. The smallest absolute Gasteiger partial charge is 0.0415 e. The van der Waals surface area contributed by atoms with E-state index in [4.69, 9.17) is 11.6 Å². The van der Waals surface area contributed by atoms with Crippen molar-refractivity contribution in [2.75, 3.05) is 24.5 Å². The van der Waals surface area contributed by atoms with Crippen molar-refractivity contribution in [1.82, 2.24) is 5.32 Å². The van der Waals surface area contributed by atoms with Gasteiger partial charge in [-0.1, -0.05) is 18.0 Å². The summed E-state index contributed by atoms with van der Waals surface area (Å²) in [5, 5.41) is 4.52. The van der Waals surface area contributed by atoms with Crippen molar-refractivity contribution in [3.8, 4) is 0 Å². The maximum atomic E-state index is 6.23. The highest BCUT2D eigenvalue weighted by molar-refractivity contribution is 6.30. The molecule has 0 spiro atoms. The van der Waals surface area contributed by atoms with Crippen LogP contribution in [0.1, 0.15) is 50.1 Å². The van der Waals surface area contributed by atoms with Gasteiger partial charge in [-0.25, -0.2) is 0 Å². The highest BCUT2D eigenvalue weighted by Crippen LogP contribution is 2.34. The van der Waals surface area contributed by atoms with Gasteiger partial charge >= 0.3 is 0 Å². The number of anilines is 1. The predicted octanol–water partition coefficient (Wildman–Crippen LogP) is 4.14. The van der Waals surface area contributed by atoms with Crippen molar-refractivity contribution in [1.29, 1.82) is 0 Å². The minimum Gasteiger partial charge on any atom is -0.371 e. The van der Waals surface area contributed by atoms with Gasteiger partial charge in [0.15, 0.2) is 0 Å². The number of halogens is 1. The fourth-order valence-corrected chi connectivity index (χ4v) is 3.53. The lowest BCUT2D eigenvalue weighted by molar-refractivity contribution is 0.411. The van der Waals surface area contributed by atoms with Gasteiger partial charge in [-0.2, -0.15) is 0 Å². The molecule has 2 heterocycles. The number of nitrogens with zero attached hydrogens (tertiary/aromatic N) is 1. The number of hydrogen-bond acceptors (Lipinski definition) is 2. The molecule has 0 bridgehead atoms. The summed E-state index contributed by atoms with van der Waals surface area (Å²) in [4.78, 5) is 2.55. The molecule has 0 saturated carbocycles. The molecule has 2 saturated heterocycles. The molecule has 0 amide bonds. The molecule has 0 aromatic heterocycles. The first kappa shape index (κ1) is 13.3. The molecule has 19 heavy (non-hydrogen) atoms. The van der Waals surface area contributed by atoms with E-state index >= 15 is 0 Å². The van der Waals surface area contributed by atoms with E-state index in [1.807, 2.05) is 6.07 Å². The third kappa shape index (κ3) is 3.06. The van der Waals surface area contributed by atoms with Crippen molar-refractivity contribution in [3.63, 3.8) is 0 Å². The van der Waals surface area contributed by atoms with Crippen molar-refractivity contribution < 1.29 is 0 Å². The van der Waals surface area contributed by atoms with Gasteiger partial charge in [-0.15, -0.1) is 0 Å². The zero-order chi connectivity index (χ0) is 13.1. The van der Waals surface area contributed by atoms with E-state index in [1.165, 1.54) is 62.9 Å². The summed E-state index contributed by atoms with van der Waals surface area (Å²) in [6.07, 6.45) is 7.88. The first-order valence-corrected chi connectivity index (χ1v) is 8.00. The Bertz CT molecular complexity index is 421. The minimum atomic E-state index is 0.490. The predicted molar refractivity (Wildman–Crippen MR) is 82.1 cm³/mol. The van der Waals surface area contributed by atoms with Crippen LogP contribution in [-0.4, -0.2) is 19.6 Å². The second-order valence-corrected chi connectivity index (χ2v) is 6.19. The van der Waals surface area contributed by atoms with Crippen LogP contribution < -0.4 is 10.2 Å². The summed E-state index contributed by atoms with van der Waals surface area (Å²) in [5.74, 6) is 0. The van der Waals surface area contributed by atoms with Crippen molar-refractivity contribution in [2.45, 2.75) is 44.6 Å². The average Bonchev–Trinajstić information content (AvgIpc) is 2.49. The van der Waals surface area contributed by atoms with Crippen LogP contribution in [0.15, 0.2) is 18.2 Å². The Morgan fingerprint density at radius 2 is 1.89 bits per heavy atom. The van der Waals surface area contributed by atoms with Gasteiger partial charge in [-0.3, -0.25) is 0 Å². The molecule has 0 radical (unpaired) electrons. The summed E-state index contributed by atoms with van der Waals surface area (Å²) in [5.41, 5.74) is 2.82. The number of hydrogen-bond donors (Lipinski definition) is 1. The quantitative estimate of drug-likeness (QED) is 0.874.